The molecule has 4 nitrogen and oxygen atoms in total. The Morgan fingerprint density at radius 3 is 2.88 bits per heavy atom. The number of benzene rings is 1. The highest BCUT2D eigenvalue weighted by Crippen LogP contribution is 2.24. The second kappa shape index (κ2) is 8.84. The van der Waals surface area contributed by atoms with Gasteiger partial charge in [-0.3, -0.25) is 0 Å². The molecule has 0 fully saturated rings. The number of aryl methyl sites for hydroxylation is 3. The highest BCUT2D eigenvalue weighted by atomic mass is 16.5. The fourth-order valence-electron chi connectivity index (χ4n) is 3.41. The second-order valence-electron chi connectivity index (χ2n) is 6.83. The quantitative estimate of drug-likeness (QED) is 0.720. The fraction of sp³-hybridized carbons (Fsp3) is 0.524. The molecule has 0 radical (unpaired) electrons. The lowest BCUT2D eigenvalue weighted by Gasteiger charge is -2.18. The molecule has 1 aromatic heterocycles. The van der Waals surface area contributed by atoms with E-state index in [2.05, 4.69) is 47.3 Å². The lowest BCUT2D eigenvalue weighted by Crippen LogP contribution is -2.16. The van der Waals surface area contributed by atoms with Gasteiger partial charge in [0.2, 0.25) is 0 Å². The Morgan fingerprint density at radius 2 is 2.04 bits per heavy atom. The molecular weight excluding hydrogens is 310 g/mol. The molecule has 0 atom stereocenters. The molecule has 2 aromatic rings. The van der Waals surface area contributed by atoms with Gasteiger partial charge in [-0.15, -0.1) is 0 Å². The zero-order chi connectivity index (χ0) is 17.5. The van der Waals surface area contributed by atoms with Crippen molar-refractivity contribution in [1.82, 2.24) is 9.97 Å². The summed E-state index contributed by atoms with van der Waals surface area (Å²) < 4.78 is 5.96. The van der Waals surface area contributed by atoms with Gasteiger partial charge in [0, 0.05) is 11.3 Å². The van der Waals surface area contributed by atoms with E-state index in [0.29, 0.717) is 6.61 Å². The predicted octanol–water partition coefficient (Wildman–Crippen LogP) is 4.50. The van der Waals surface area contributed by atoms with Crippen molar-refractivity contribution in [3.05, 3.63) is 46.9 Å². The molecule has 1 aromatic carbocycles. The van der Waals surface area contributed by atoms with Crippen molar-refractivity contribution in [2.75, 3.05) is 18.5 Å². The van der Waals surface area contributed by atoms with Crippen LogP contribution < -0.4 is 10.1 Å². The zero-order valence-electron chi connectivity index (χ0n) is 15.5. The van der Waals surface area contributed by atoms with Crippen molar-refractivity contribution in [3.8, 4) is 5.75 Å². The van der Waals surface area contributed by atoms with Crippen molar-refractivity contribution in [2.24, 2.45) is 0 Å². The van der Waals surface area contributed by atoms with Crippen molar-refractivity contribution >= 4 is 5.82 Å². The number of aromatic nitrogens is 2. The summed E-state index contributed by atoms with van der Waals surface area (Å²) in [5.41, 5.74) is 5.12. The molecule has 0 saturated carbocycles. The number of rotatable bonds is 8. The van der Waals surface area contributed by atoms with Crippen LogP contribution in [0.15, 0.2) is 24.5 Å². The Bertz CT molecular complexity index is 700. The molecule has 1 aliphatic rings. The van der Waals surface area contributed by atoms with Gasteiger partial charge in [-0.25, -0.2) is 9.97 Å². The largest absolute Gasteiger partial charge is 0.491 e. The number of hydrogen-bond acceptors (Lipinski definition) is 4. The lowest BCUT2D eigenvalue weighted by atomic mass is 9.96. The molecular formula is C21H29N3O. The Morgan fingerprint density at radius 1 is 1.16 bits per heavy atom. The van der Waals surface area contributed by atoms with Crippen LogP contribution in [0.5, 0.6) is 5.75 Å². The number of fused-ring (bicyclic) bond motifs is 1. The summed E-state index contributed by atoms with van der Waals surface area (Å²) in [6.07, 6.45) is 9.92. The van der Waals surface area contributed by atoms with Crippen molar-refractivity contribution in [1.29, 1.82) is 0 Å². The Kier molecular flexibility index (Phi) is 6.26. The molecule has 0 saturated heterocycles. The smallest absolute Gasteiger partial charge is 0.132 e. The topological polar surface area (TPSA) is 47.0 Å². The second-order valence-corrected chi connectivity index (χ2v) is 6.83. The van der Waals surface area contributed by atoms with E-state index in [1.807, 2.05) is 0 Å². The molecule has 134 valence electrons. The van der Waals surface area contributed by atoms with Crippen LogP contribution in [0.1, 0.15) is 55.0 Å². The number of nitrogens with one attached hydrogen (secondary N) is 1. The van der Waals surface area contributed by atoms with Crippen LogP contribution in [0, 0.1) is 6.92 Å². The van der Waals surface area contributed by atoms with Crippen molar-refractivity contribution < 1.29 is 4.74 Å². The van der Waals surface area contributed by atoms with Gasteiger partial charge in [-0.05, 0) is 62.6 Å². The van der Waals surface area contributed by atoms with E-state index in [4.69, 9.17) is 4.74 Å². The predicted molar refractivity (Wildman–Crippen MR) is 102 cm³/mol. The number of unbranched alkanes of at least 4 members (excludes halogenated alkanes) is 1. The molecule has 0 spiro atoms. The van der Waals surface area contributed by atoms with Gasteiger partial charge in [0.05, 0.1) is 6.54 Å². The van der Waals surface area contributed by atoms with Gasteiger partial charge in [-0.2, -0.15) is 0 Å². The third-order valence-electron chi connectivity index (χ3n) is 4.84. The highest BCUT2D eigenvalue weighted by molar-refractivity contribution is 5.47. The Hall–Kier alpha value is -2.10. The van der Waals surface area contributed by atoms with E-state index in [9.17, 15) is 0 Å². The van der Waals surface area contributed by atoms with Gasteiger partial charge in [-0.1, -0.05) is 25.5 Å². The first kappa shape index (κ1) is 17.7. The van der Waals surface area contributed by atoms with Crippen LogP contribution in [0.4, 0.5) is 5.82 Å². The third-order valence-corrected chi connectivity index (χ3v) is 4.84. The first-order chi connectivity index (χ1) is 12.3. The minimum absolute atomic E-state index is 0.633. The van der Waals surface area contributed by atoms with E-state index in [1.165, 1.54) is 48.1 Å². The summed E-state index contributed by atoms with van der Waals surface area (Å²) in [6, 6.07) is 6.54. The van der Waals surface area contributed by atoms with Crippen LogP contribution in [-0.2, 0) is 19.3 Å². The maximum atomic E-state index is 5.96. The SMILES string of the molecule is CCCCc1ccc(OCCNc2ncnc3c2CCCC3)c(C)c1. The summed E-state index contributed by atoms with van der Waals surface area (Å²) >= 11 is 0. The first-order valence-electron chi connectivity index (χ1n) is 9.57. The minimum Gasteiger partial charge on any atom is -0.491 e. The summed E-state index contributed by atoms with van der Waals surface area (Å²) in [6.45, 7) is 5.74. The van der Waals surface area contributed by atoms with Crippen molar-refractivity contribution in [3.63, 3.8) is 0 Å². The zero-order valence-corrected chi connectivity index (χ0v) is 15.5. The van der Waals surface area contributed by atoms with Crippen molar-refractivity contribution in [2.45, 2.75) is 58.8 Å². The summed E-state index contributed by atoms with van der Waals surface area (Å²) in [5.74, 6) is 1.96. The monoisotopic (exact) mass is 339 g/mol. The van der Waals surface area contributed by atoms with E-state index >= 15 is 0 Å². The molecule has 1 heterocycles. The normalized spacial score (nSPS) is 13.4. The van der Waals surface area contributed by atoms with Crippen LogP contribution in [0.3, 0.4) is 0 Å². The number of anilines is 1. The summed E-state index contributed by atoms with van der Waals surface area (Å²) in [7, 11) is 0. The lowest BCUT2D eigenvalue weighted by molar-refractivity contribution is 0.330. The number of nitrogens with zero attached hydrogens (tertiary/aromatic N) is 2. The average molecular weight is 339 g/mol. The van der Waals surface area contributed by atoms with E-state index in [0.717, 1.165) is 37.4 Å². The Balaban J connectivity index is 1.50. The molecule has 0 unspecified atom stereocenters. The molecule has 4 heteroatoms. The number of ether oxygens (including phenoxy) is 1. The van der Waals surface area contributed by atoms with Crippen LogP contribution in [0.25, 0.3) is 0 Å². The van der Waals surface area contributed by atoms with Crippen LogP contribution in [0.2, 0.25) is 0 Å². The molecule has 1 N–H and O–H groups in total. The summed E-state index contributed by atoms with van der Waals surface area (Å²) in [4.78, 5) is 8.83. The minimum atomic E-state index is 0.633. The van der Waals surface area contributed by atoms with Gasteiger partial charge in [0.1, 0.15) is 24.5 Å². The van der Waals surface area contributed by atoms with Crippen LogP contribution >= 0.6 is 0 Å². The fourth-order valence-corrected chi connectivity index (χ4v) is 3.41. The van der Waals surface area contributed by atoms with Gasteiger partial charge >= 0.3 is 0 Å². The highest BCUT2D eigenvalue weighted by Gasteiger charge is 2.14. The third kappa shape index (κ3) is 4.71. The maximum Gasteiger partial charge on any atom is 0.132 e. The molecule has 3 rings (SSSR count). The first-order valence-corrected chi connectivity index (χ1v) is 9.57. The standard InChI is InChI=1S/C21H29N3O/c1-3-4-7-17-10-11-20(16(2)14-17)25-13-12-22-21-18-8-5-6-9-19(18)23-15-24-21/h10-11,14-15H,3-9,12-13H2,1-2H3,(H,22,23,24). The van der Waals surface area contributed by atoms with E-state index < -0.39 is 0 Å². The summed E-state index contributed by atoms with van der Waals surface area (Å²) in [5, 5.41) is 3.43. The molecule has 0 amide bonds. The Labute approximate surface area is 151 Å². The number of hydrogen-bond donors (Lipinski definition) is 1. The van der Waals surface area contributed by atoms with Gasteiger partial charge in [0.25, 0.3) is 0 Å². The average Bonchev–Trinajstić information content (AvgIpc) is 2.65. The molecule has 25 heavy (non-hydrogen) atoms. The molecule has 0 bridgehead atoms. The van der Waals surface area contributed by atoms with E-state index in [-0.39, 0.29) is 0 Å². The van der Waals surface area contributed by atoms with E-state index in [1.54, 1.807) is 6.33 Å². The van der Waals surface area contributed by atoms with Crippen LogP contribution in [-0.4, -0.2) is 23.1 Å². The van der Waals surface area contributed by atoms with Gasteiger partial charge in [0.15, 0.2) is 0 Å². The molecule has 0 aliphatic heterocycles. The van der Waals surface area contributed by atoms with Gasteiger partial charge < -0.3 is 10.1 Å². The maximum absolute atomic E-state index is 5.96. The molecule has 1 aliphatic carbocycles.